The number of carbonyl (C=O) groups is 1. The first-order chi connectivity index (χ1) is 7.69. The minimum Gasteiger partial charge on any atom is -0.280 e. The molecule has 0 spiro atoms. The van der Waals surface area contributed by atoms with Gasteiger partial charge in [0.1, 0.15) is 10.8 Å². The lowest BCUT2D eigenvalue weighted by atomic mass is 10.4. The highest BCUT2D eigenvalue weighted by molar-refractivity contribution is 8.13. The fourth-order valence-corrected chi connectivity index (χ4v) is 2.76. The van der Waals surface area contributed by atoms with Crippen LogP contribution >= 0.6 is 35.1 Å². The molecule has 0 aliphatic heterocycles. The molecule has 16 heavy (non-hydrogen) atoms. The zero-order valence-corrected chi connectivity index (χ0v) is 11.7. The van der Waals surface area contributed by atoms with Crippen molar-refractivity contribution in [2.75, 3.05) is 12.0 Å². The van der Waals surface area contributed by atoms with E-state index < -0.39 is 0 Å². The van der Waals surface area contributed by atoms with Crippen molar-refractivity contribution in [2.45, 2.75) is 24.7 Å². The summed E-state index contributed by atoms with van der Waals surface area (Å²) in [5, 5.41) is 0.346. The van der Waals surface area contributed by atoms with Crippen LogP contribution in [0.15, 0.2) is 17.0 Å². The molecule has 0 N–H and O–H groups in total. The quantitative estimate of drug-likeness (QED) is 0.459. The smallest absolute Gasteiger partial charge is 0.238 e. The summed E-state index contributed by atoms with van der Waals surface area (Å²) in [6.07, 6.45) is 4.05. The third kappa shape index (κ3) is 4.00. The number of aromatic nitrogens is 1. The van der Waals surface area contributed by atoms with Crippen LogP contribution in [-0.4, -0.2) is 22.1 Å². The molecule has 2 nitrogen and oxygen atoms in total. The molecule has 1 aromatic heterocycles. The number of hydrogen-bond donors (Lipinski definition) is 0. The minimum atomic E-state index is -0.0264. The van der Waals surface area contributed by atoms with E-state index in [4.69, 9.17) is 11.6 Å². The Morgan fingerprint density at radius 1 is 1.50 bits per heavy atom. The number of rotatable bonds is 5. The summed E-state index contributed by atoms with van der Waals surface area (Å²) in [5.41, 5.74) is 0.487. The molecule has 0 bridgehead atoms. The van der Waals surface area contributed by atoms with Crippen molar-refractivity contribution in [3.8, 4) is 0 Å². The van der Waals surface area contributed by atoms with Crippen LogP contribution in [0, 0.1) is 0 Å². The van der Waals surface area contributed by atoms with Crippen molar-refractivity contribution in [2.24, 2.45) is 0 Å². The second kappa shape index (κ2) is 7.20. The molecule has 0 amide bonds. The van der Waals surface area contributed by atoms with Crippen molar-refractivity contribution in [1.29, 1.82) is 0 Å². The van der Waals surface area contributed by atoms with E-state index in [9.17, 15) is 4.79 Å². The molecule has 1 rings (SSSR count). The highest BCUT2D eigenvalue weighted by atomic mass is 35.5. The van der Waals surface area contributed by atoms with E-state index >= 15 is 0 Å². The van der Waals surface area contributed by atoms with Crippen molar-refractivity contribution >= 4 is 40.2 Å². The molecule has 0 radical (unpaired) electrons. The van der Waals surface area contributed by atoms with Crippen LogP contribution < -0.4 is 0 Å². The predicted octanol–water partition coefficient (Wildman–Crippen LogP) is 4.13. The molecular formula is C11H14ClNOS2. The summed E-state index contributed by atoms with van der Waals surface area (Å²) >= 11 is 8.63. The lowest BCUT2D eigenvalue weighted by molar-refractivity contribution is 0.108. The molecule has 0 unspecified atom stereocenters. The standard InChI is InChI=1S/C11H14ClNOS2/c1-3-4-7-16-8-5-6-9(12)13-10(8)11(14)15-2/h5-6H,3-4,7H2,1-2H3. The Balaban J connectivity index is 2.85. The normalized spacial score (nSPS) is 10.4. The molecule has 0 aliphatic carbocycles. The maximum absolute atomic E-state index is 11.6. The maximum Gasteiger partial charge on any atom is 0.238 e. The van der Waals surface area contributed by atoms with Crippen LogP contribution in [0.3, 0.4) is 0 Å². The number of thioether (sulfide) groups is 2. The zero-order chi connectivity index (χ0) is 12.0. The van der Waals surface area contributed by atoms with E-state index in [-0.39, 0.29) is 5.12 Å². The zero-order valence-electron chi connectivity index (χ0n) is 9.33. The topological polar surface area (TPSA) is 30.0 Å². The summed E-state index contributed by atoms with van der Waals surface area (Å²) in [4.78, 5) is 16.7. The van der Waals surface area contributed by atoms with E-state index in [0.717, 1.165) is 23.5 Å². The number of nitrogens with zero attached hydrogens (tertiary/aromatic N) is 1. The molecule has 88 valence electrons. The van der Waals surface area contributed by atoms with Crippen molar-refractivity contribution < 1.29 is 4.79 Å². The van der Waals surface area contributed by atoms with Gasteiger partial charge in [-0.25, -0.2) is 4.98 Å². The third-order valence-corrected chi connectivity index (χ3v) is 3.87. The van der Waals surface area contributed by atoms with E-state index in [1.807, 2.05) is 6.07 Å². The van der Waals surface area contributed by atoms with Gasteiger partial charge in [-0.05, 0) is 30.6 Å². The fraction of sp³-hybridized carbons (Fsp3) is 0.455. The largest absolute Gasteiger partial charge is 0.280 e. The first-order valence-electron chi connectivity index (χ1n) is 5.06. The van der Waals surface area contributed by atoms with Gasteiger partial charge in [0.05, 0.1) is 0 Å². The molecule has 0 fully saturated rings. The number of carbonyl (C=O) groups excluding carboxylic acids is 1. The van der Waals surface area contributed by atoms with Gasteiger partial charge in [0.15, 0.2) is 0 Å². The predicted molar refractivity (Wildman–Crippen MR) is 72.7 cm³/mol. The molecule has 5 heteroatoms. The molecular weight excluding hydrogens is 262 g/mol. The van der Waals surface area contributed by atoms with Crippen molar-refractivity contribution in [3.63, 3.8) is 0 Å². The Hall–Kier alpha value is -0.190. The van der Waals surface area contributed by atoms with Gasteiger partial charge in [0, 0.05) is 4.90 Å². The Morgan fingerprint density at radius 2 is 2.25 bits per heavy atom. The summed E-state index contributed by atoms with van der Waals surface area (Å²) in [5.74, 6) is 1.01. The number of pyridine rings is 1. The van der Waals surface area contributed by atoms with Crippen LogP contribution in [-0.2, 0) is 0 Å². The van der Waals surface area contributed by atoms with Gasteiger partial charge in [0.2, 0.25) is 5.12 Å². The number of hydrogen-bond acceptors (Lipinski definition) is 4. The molecule has 1 heterocycles. The van der Waals surface area contributed by atoms with E-state index in [1.165, 1.54) is 11.8 Å². The first kappa shape index (κ1) is 13.9. The van der Waals surface area contributed by atoms with Gasteiger partial charge >= 0.3 is 0 Å². The van der Waals surface area contributed by atoms with Gasteiger partial charge in [-0.1, -0.05) is 36.7 Å². The summed E-state index contributed by atoms with van der Waals surface area (Å²) in [6.45, 7) is 2.15. The van der Waals surface area contributed by atoms with Crippen LogP contribution in [0.2, 0.25) is 5.15 Å². The van der Waals surface area contributed by atoms with Gasteiger partial charge in [0.25, 0.3) is 0 Å². The third-order valence-electron chi connectivity index (χ3n) is 1.96. The lowest BCUT2D eigenvalue weighted by Gasteiger charge is -2.06. The Labute approximate surface area is 110 Å². The average Bonchev–Trinajstić information content (AvgIpc) is 2.30. The maximum atomic E-state index is 11.6. The van der Waals surface area contributed by atoms with Gasteiger partial charge < -0.3 is 0 Å². The number of unbranched alkanes of at least 4 members (excludes halogenated alkanes) is 1. The van der Waals surface area contributed by atoms with Crippen LogP contribution in [0.4, 0.5) is 0 Å². The molecule has 0 aliphatic rings. The van der Waals surface area contributed by atoms with Crippen molar-refractivity contribution in [1.82, 2.24) is 4.98 Å². The lowest BCUT2D eigenvalue weighted by Crippen LogP contribution is -2.00. The van der Waals surface area contributed by atoms with Crippen LogP contribution in [0.5, 0.6) is 0 Å². The fourth-order valence-electron chi connectivity index (χ4n) is 1.11. The summed E-state index contributed by atoms with van der Waals surface area (Å²) < 4.78 is 0. The summed E-state index contributed by atoms with van der Waals surface area (Å²) in [6, 6.07) is 3.60. The van der Waals surface area contributed by atoms with E-state index in [1.54, 1.807) is 24.1 Å². The summed E-state index contributed by atoms with van der Waals surface area (Å²) in [7, 11) is 0. The Bertz CT molecular complexity index is 371. The minimum absolute atomic E-state index is 0.0264. The first-order valence-corrected chi connectivity index (χ1v) is 7.65. The van der Waals surface area contributed by atoms with Crippen LogP contribution in [0.25, 0.3) is 0 Å². The molecule has 0 aromatic carbocycles. The Kier molecular flexibility index (Phi) is 6.24. The van der Waals surface area contributed by atoms with Gasteiger partial charge in [-0.3, -0.25) is 4.79 Å². The van der Waals surface area contributed by atoms with Crippen LogP contribution in [0.1, 0.15) is 30.3 Å². The average molecular weight is 276 g/mol. The monoisotopic (exact) mass is 275 g/mol. The van der Waals surface area contributed by atoms with Gasteiger partial charge in [-0.2, -0.15) is 0 Å². The second-order valence-electron chi connectivity index (χ2n) is 3.17. The highest BCUT2D eigenvalue weighted by Gasteiger charge is 2.13. The van der Waals surface area contributed by atoms with E-state index in [0.29, 0.717) is 10.8 Å². The van der Waals surface area contributed by atoms with Crippen molar-refractivity contribution in [3.05, 3.63) is 23.0 Å². The highest BCUT2D eigenvalue weighted by Crippen LogP contribution is 2.26. The second-order valence-corrected chi connectivity index (χ2v) is 5.48. The molecule has 0 saturated carbocycles. The number of halogens is 1. The Morgan fingerprint density at radius 3 is 2.88 bits per heavy atom. The SMILES string of the molecule is CCCCSc1ccc(Cl)nc1C(=O)SC. The molecule has 0 saturated heterocycles. The van der Waals surface area contributed by atoms with E-state index in [2.05, 4.69) is 11.9 Å². The van der Waals surface area contributed by atoms with Gasteiger partial charge in [-0.15, -0.1) is 11.8 Å². The molecule has 0 atom stereocenters. The molecule has 1 aromatic rings.